The van der Waals surface area contributed by atoms with Crippen LogP contribution in [-0.4, -0.2) is 35.1 Å². The molecule has 3 heteroatoms. The van der Waals surface area contributed by atoms with Gasteiger partial charge < -0.3 is 10.0 Å². The molecule has 14 heavy (non-hydrogen) atoms. The van der Waals surface area contributed by atoms with Crippen molar-refractivity contribution in [3.8, 4) is 0 Å². The third-order valence-electron chi connectivity index (χ3n) is 2.61. The van der Waals surface area contributed by atoms with Crippen molar-refractivity contribution in [3.05, 3.63) is 0 Å². The van der Waals surface area contributed by atoms with Gasteiger partial charge in [-0.15, -0.1) is 0 Å². The van der Waals surface area contributed by atoms with Gasteiger partial charge in [0.25, 0.3) is 0 Å². The Morgan fingerprint density at radius 2 is 2.00 bits per heavy atom. The average Bonchev–Trinajstić information content (AvgIpc) is 2.28. The summed E-state index contributed by atoms with van der Waals surface area (Å²) in [5, 5.41) is 9.52. The number of nitrogens with zero attached hydrogens (tertiary/aromatic N) is 1. The number of carbonyl (C=O) groups excluding carboxylic acids is 1. The number of carbonyl (C=O) groups is 1. The summed E-state index contributed by atoms with van der Waals surface area (Å²) in [5.74, 6) is 0.389. The van der Waals surface area contributed by atoms with Gasteiger partial charge in [-0.3, -0.25) is 4.79 Å². The Kier molecular flexibility index (Phi) is 3.20. The third kappa shape index (κ3) is 2.98. The highest BCUT2D eigenvalue weighted by molar-refractivity contribution is 5.77. The summed E-state index contributed by atoms with van der Waals surface area (Å²) in [4.78, 5) is 13.5. The van der Waals surface area contributed by atoms with Gasteiger partial charge in [-0.05, 0) is 5.41 Å². The van der Waals surface area contributed by atoms with E-state index in [1.165, 1.54) is 0 Å². The van der Waals surface area contributed by atoms with E-state index in [-0.39, 0.29) is 23.3 Å². The van der Waals surface area contributed by atoms with Crippen molar-refractivity contribution in [1.82, 2.24) is 4.90 Å². The number of aliphatic hydroxyl groups is 1. The summed E-state index contributed by atoms with van der Waals surface area (Å²) in [6.45, 7) is 9.36. The van der Waals surface area contributed by atoms with Gasteiger partial charge in [0.05, 0.1) is 6.10 Å². The monoisotopic (exact) mass is 199 g/mol. The topological polar surface area (TPSA) is 40.5 Å². The summed E-state index contributed by atoms with van der Waals surface area (Å²) in [7, 11) is 0. The lowest BCUT2D eigenvalue weighted by atomic mass is 9.92. The normalized spacial score (nSPS) is 28.2. The molecule has 3 nitrogen and oxygen atoms in total. The van der Waals surface area contributed by atoms with Gasteiger partial charge in [0, 0.05) is 25.4 Å². The zero-order valence-corrected chi connectivity index (χ0v) is 9.58. The zero-order chi connectivity index (χ0) is 10.9. The molecular weight excluding hydrogens is 178 g/mol. The number of rotatable bonds is 1. The molecule has 1 aliphatic heterocycles. The minimum atomic E-state index is -0.334. The first-order valence-corrected chi connectivity index (χ1v) is 5.25. The van der Waals surface area contributed by atoms with Gasteiger partial charge in [-0.25, -0.2) is 0 Å². The van der Waals surface area contributed by atoms with Crippen LogP contribution in [0, 0.1) is 11.3 Å². The molecule has 82 valence electrons. The van der Waals surface area contributed by atoms with Gasteiger partial charge in [-0.2, -0.15) is 0 Å². The van der Waals surface area contributed by atoms with Crippen LogP contribution in [0.25, 0.3) is 0 Å². The van der Waals surface area contributed by atoms with Crippen molar-refractivity contribution >= 4 is 5.91 Å². The highest BCUT2D eigenvalue weighted by atomic mass is 16.3. The molecule has 1 fully saturated rings. The summed E-state index contributed by atoms with van der Waals surface area (Å²) in [6.07, 6.45) is 0.228. The van der Waals surface area contributed by atoms with Crippen molar-refractivity contribution in [1.29, 1.82) is 0 Å². The Morgan fingerprint density at radius 3 is 2.36 bits per heavy atom. The minimum absolute atomic E-state index is 0.0356. The molecule has 2 atom stereocenters. The highest BCUT2D eigenvalue weighted by Gasteiger charge is 2.32. The molecule has 0 aromatic heterocycles. The first kappa shape index (κ1) is 11.5. The molecule has 1 saturated heterocycles. The van der Waals surface area contributed by atoms with E-state index in [9.17, 15) is 9.90 Å². The fourth-order valence-corrected chi connectivity index (χ4v) is 1.72. The van der Waals surface area contributed by atoms with Gasteiger partial charge in [-0.1, -0.05) is 27.7 Å². The number of hydrogen-bond acceptors (Lipinski definition) is 2. The fourth-order valence-electron chi connectivity index (χ4n) is 1.72. The lowest BCUT2D eigenvalue weighted by molar-refractivity contribution is -0.132. The SMILES string of the molecule is CC1CN(C(=O)CC(C)(C)C)CC1O. The minimum Gasteiger partial charge on any atom is -0.391 e. The van der Waals surface area contributed by atoms with E-state index in [1.807, 2.05) is 6.92 Å². The van der Waals surface area contributed by atoms with Crippen molar-refractivity contribution in [2.75, 3.05) is 13.1 Å². The van der Waals surface area contributed by atoms with Crippen LogP contribution in [0.5, 0.6) is 0 Å². The first-order chi connectivity index (χ1) is 6.29. The van der Waals surface area contributed by atoms with Crippen molar-refractivity contribution < 1.29 is 9.90 Å². The second kappa shape index (κ2) is 3.89. The second-order valence-electron chi connectivity index (χ2n) is 5.58. The number of likely N-dealkylation sites (tertiary alicyclic amines) is 1. The van der Waals surface area contributed by atoms with Crippen LogP contribution >= 0.6 is 0 Å². The molecule has 0 saturated carbocycles. The van der Waals surface area contributed by atoms with Crippen molar-refractivity contribution in [2.24, 2.45) is 11.3 Å². The molecule has 0 aromatic rings. The van der Waals surface area contributed by atoms with Gasteiger partial charge in [0.15, 0.2) is 0 Å². The summed E-state index contributed by atoms with van der Waals surface area (Å²) in [6, 6.07) is 0. The largest absolute Gasteiger partial charge is 0.391 e. The van der Waals surface area contributed by atoms with Gasteiger partial charge in [0.2, 0.25) is 5.91 Å². The Morgan fingerprint density at radius 1 is 1.43 bits per heavy atom. The second-order valence-corrected chi connectivity index (χ2v) is 5.58. The maximum atomic E-state index is 11.8. The molecule has 0 bridgehead atoms. The lowest BCUT2D eigenvalue weighted by Gasteiger charge is -2.22. The van der Waals surface area contributed by atoms with Crippen LogP contribution in [0.3, 0.4) is 0 Å². The molecule has 0 radical (unpaired) electrons. The number of β-amino-alcohol motifs (C(OH)–C–C–N with tert-alkyl or cyclic N) is 1. The van der Waals surface area contributed by atoms with E-state index in [0.717, 1.165) is 0 Å². The predicted molar refractivity (Wildman–Crippen MR) is 55.8 cm³/mol. The Hall–Kier alpha value is -0.570. The quantitative estimate of drug-likeness (QED) is 0.690. The van der Waals surface area contributed by atoms with Crippen LogP contribution < -0.4 is 0 Å². The van der Waals surface area contributed by atoms with E-state index >= 15 is 0 Å². The Balaban J connectivity index is 2.48. The van der Waals surface area contributed by atoms with Crippen molar-refractivity contribution in [3.63, 3.8) is 0 Å². The average molecular weight is 199 g/mol. The molecule has 2 unspecified atom stereocenters. The molecule has 1 amide bonds. The van der Waals surface area contributed by atoms with E-state index < -0.39 is 0 Å². The van der Waals surface area contributed by atoms with Crippen LogP contribution in [0.15, 0.2) is 0 Å². The van der Waals surface area contributed by atoms with Crippen molar-refractivity contribution in [2.45, 2.75) is 40.2 Å². The molecule has 1 rings (SSSR count). The van der Waals surface area contributed by atoms with Crippen LogP contribution in [0.1, 0.15) is 34.1 Å². The van der Waals surface area contributed by atoms with E-state index in [0.29, 0.717) is 19.5 Å². The lowest BCUT2D eigenvalue weighted by Crippen LogP contribution is -2.32. The number of hydrogen-bond donors (Lipinski definition) is 1. The molecule has 1 aliphatic rings. The van der Waals surface area contributed by atoms with Crippen LogP contribution in [0.2, 0.25) is 0 Å². The van der Waals surface area contributed by atoms with E-state index in [2.05, 4.69) is 20.8 Å². The molecule has 1 heterocycles. The maximum Gasteiger partial charge on any atom is 0.223 e. The molecule has 1 N–H and O–H groups in total. The Labute approximate surface area is 86.1 Å². The van der Waals surface area contributed by atoms with E-state index in [4.69, 9.17) is 0 Å². The molecule has 0 aromatic carbocycles. The van der Waals surface area contributed by atoms with E-state index in [1.54, 1.807) is 4.90 Å². The maximum absolute atomic E-state index is 11.8. The van der Waals surface area contributed by atoms with Crippen LogP contribution in [-0.2, 0) is 4.79 Å². The number of amides is 1. The molecule has 0 aliphatic carbocycles. The smallest absolute Gasteiger partial charge is 0.223 e. The molecular formula is C11H21NO2. The summed E-state index contributed by atoms with van der Waals surface area (Å²) in [5.41, 5.74) is 0.0356. The summed E-state index contributed by atoms with van der Waals surface area (Å²) >= 11 is 0. The molecule has 0 spiro atoms. The number of aliphatic hydroxyl groups excluding tert-OH is 1. The van der Waals surface area contributed by atoms with Gasteiger partial charge in [0.1, 0.15) is 0 Å². The predicted octanol–water partition coefficient (Wildman–Crippen LogP) is 1.26. The standard InChI is InChI=1S/C11H21NO2/c1-8-6-12(7-9(8)13)10(14)5-11(2,3)4/h8-9,13H,5-7H2,1-4H3. The Bertz CT molecular complexity index is 210. The fraction of sp³-hybridized carbons (Fsp3) is 0.909. The first-order valence-electron chi connectivity index (χ1n) is 5.25. The van der Waals surface area contributed by atoms with Crippen LogP contribution in [0.4, 0.5) is 0 Å². The summed E-state index contributed by atoms with van der Waals surface area (Å²) < 4.78 is 0. The third-order valence-corrected chi connectivity index (χ3v) is 2.61. The highest BCUT2D eigenvalue weighted by Crippen LogP contribution is 2.23. The zero-order valence-electron chi connectivity index (χ0n) is 9.58. The van der Waals surface area contributed by atoms with Gasteiger partial charge >= 0.3 is 0 Å².